The van der Waals surface area contributed by atoms with E-state index in [4.69, 9.17) is 0 Å². The highest BCUT2D eigenvalue weighted by Gasteiger charge is 2.44. The van der Waals surface area contributed by atoms with Crippen LogP contribution in [-0.4, -0.2) is 25.0 Å². The molecule has 2 aliphatic carbocycles. The van der Waals surface area contributed by atoms with E-state index in [1.807, 2.05) is 0 Å². The van der Waals surface area contributed by atoms with Crippen molar-refractivity contribution in [3.8, 4) is 0 Å². The third-order valence-electron chi connectivity index (χ3n) is 5.13. The van der Waals surface area contributed by atoms with Gasteiger partial charge in [-0.1, -0.05) is 32.1 Å². The lowest BCUT2D eigenvalue weighted by Gasteiger charge is -2.23. The van der Waals surface area contributed by atoms with Crippen LogP contribution in [0.1, 0.15) is 51.4 Å². The van der Waals surface area contributed by atoms with Crippen LogP contribution in [0.2, 0.25) is 0 Å². The van der Waals surface area contributed by atoms with Crippen molar-refractivity contribution in [2.24, 2.45) is 17.8 Å². The summed E-state index contributed by atoms with van der Waals surface area (Å²) >= 11 is 0. The highest BCUT2D eigenvalue weighted by Crippen LogP contribution is 2.44. The standard InChI is InChI=1S/C15H26N2O/c18-15(12-6-8-16-9-7-12)17-14-10-13(14)11-4-2-1-3-5-11/h11-14,16H,1-10H2,(H,17,18). The Labute approximate surface area is 110 Å². The third kappa shape index (κ3) is 2.87. The molecule has 3 heteroatoms. The normalized spacial score (nSPS) is 34.2. The number of carbonyl (C=O) groups excluding carboxylic acids is 1. The SMILES string of the molecule is O=C(NC1CC1C1CCCCC1)C1CCNCC1. The van der Waals surface area contributed by atoms with E-state index < -0.39 is 0 Å². The summed E-state index contributed by atoms with van der Waals surface area (Å²) in [6.45, 7) is 2.02. The summed E-state index contributed by atoms with van der Waals surface area (Å²) in [4.78, 5) is 12.1. The molecule has 3 nitrogen and oxygen atoms in total. The number of carbonyl (C=O) groups is 1. The average molecular weight is 250 g/mol. The van der Waals surface area contributed by atoms with E-state index >= 15 is 0 Å². The van der Waals surface area contributed by atoms with Gasteiger partial charge >= 0.3 is 0 Å². The van der Waals surface area contributed by atoms with Crippen LogP contribution in [0.3, 0.4) is 0 Å². The van der Waals surface area contributed by atoms with Crippen molar-refractivity contribution in [1.29, 1.82) is 0 Å². The highest BCUT2D eigenvalue weighted by molar-refractivity contribution is 5.79. The molecule has 3 fully saturated rings. The number of amides is 1. The molecule has 2 N–H and O–H groups in total. The second-order valence-corrected chi connectivity index (χ2v) is 6.44. The molecule has 0 aromatic rings. The summed E-state index contributed by atoms with van der Waals surface area (Å²) < 4.78 is 0. The Hall–Kier alpha value is -0.570. The lowest BCUT2D eigenvalue weighted by Crippen LogP contribution is -2.39. The summed E-state index contributed by atoms with van der Waals surface area (Å²) in [5.41, 5.74) is 0. The molecule has 0 aromatic carbocycles. The van der Waals surface area contributed by atoms with Gasteiger partial charge in [0, 0.05) is 12.0 Å². The van der Waals surface area contributed by atoms with Gasteiger partial charge in [0.15, 0.2) is 0 Å². The van der Waals surface area contributed by atoms with Gasteiger partial charge in [0.25, 0.3) is 0 Å². The zero-order valence-corrected chi connectivity index (χ0v) is 11.3. The zero-order chi connectivity index (χ0) is 12.4. The summed E-state index contributed by atoms with van der Waals surface area (Å²) in [7, 11) is 0. The van der Waals surface area contributed by atoms with Gasteiger partial charge in [-0.15, -0.1) is 0 Å². The summed E-state index contributed by atoms with van der Waals surface area (Å²) in [5, 5.41) is 6.62. The van der Waals surface area contributed by atoms with Gasteiger partial charge in [-0.25, -0.2) is 0 Å². The Morgan fingerprint density at radius 3 is 2.44 bits per heavy atom. The Kier molecular flexibility index (Phi) is 3.88. The number of piperidine rings is 1. The third-order valence-corrected chi connectivity index (χ3v) is 5.13. The van der Waals surface area contributed by atoms with Gasteiger partial charge < -0.3 is 10.6 Å². The number of hydrogen-bond acceptors (Lipinski definition) is 2. The quantitative estimate of drug-likeness (QED) is 0.805. The zero-order valence-electron chi connectivity index (χ0n) is 11.3. The minimum absolute atomic E-state index is 0.277. The first kappa shape index (κ1) is 12.5. The van der Waals surface area contributed by atoms with E-state index in [0.29, 0.717) is 11.9 Å². The molecule has 0 aromatic heterocycles. The van der Waals surface area contributed by atoms with Crippen molar-refractivity contribution in [2.45, 2.75) is 57.4 Å². The van der Waals surface area contributed by atoms with Gasteiger partial charge in [0.2, 0.25) is 5.91 Å². The van der Waals surface area contributed by atoms with E-state index in [-0.39, 0.29) is 5.92 Å². The lowest BCUT2D eigenvalue weighted by atomic mass is 9.85. The summed E-state index contributed by atoms with van der Waals surface area (Å²) in [6, 6.07) is 0.524. The van der Waals surface area contributed by atoms with E-state index in [2.05, 4.69) is 10.6 Å². The van der Waals surface area contributed by atoms with Crippen LogP contribution < -0.4 is 10.6 Å². The van der Waals surface area contributed by atoms with Crippen molar-refractivity contribution in [3.63, 3.8) is 0 Å². The second kappa shape index (κ2) is 5.60. The first-order chi connectivity index (χ1) is 8.84. The predicted octanol–water partition coefficient (Wildman–Crippen LogP) is 2.07. The van der Waals surface area contributed by atoms with Crippen LogP contribution >= 0.6 is 0 Å². The average Bonchev–Trinajstić information content (AvgIpc) is 3.20. The maximum absolute atomic E-state index is 12.1. The van der Waals surface area contributed by atoms with E-state index in [9.17, 15) is 4.79 Å². The first-order valence-electron chi connectivity index (χ1n) is 7.85. The molecule has 1 saturated heterocycles. The molecular weight excluding hydrogens is 224 g/mol. The van der Waals surface area contributed by atoms with Crippen molar-refractivity contribution in [1.82, 2.24) is 10.6 Å². The van der Waals surface area contributed by atoms with Crippen LogP contribution in [0.5, 0.6) is 0 Å². The predicted molar refractivity (Wildman–Crippen MR) is 72.2 cm³/mol. The van der Waals surface area contributed by atoms with Crippen molar-refractivity contribution < 1.29 is 4.79 Å². The highest BCUT2D eigenvalue weighted by atomic mass is 16.2. The van der Waals surface area contributed by atoms with Crippen molar-refractivity contribution >= 4 is 5.91 Å². The molecule has 2 atom stereocenters. The maximum Gasteiger partial charge on any atom is 0.223 e. The Balaban J connectivity index is 1.42. The fraction of sp³-hybridized carbons (Fsp3) is 0.933. The molecule has 18 heavy (non-hydrogen) atoms. The summed E-state index contributed by atoms with van der Waals surface area (Å²) in [6.07, 6.45) is 10.4. The number of nitrogens with one attached hydrogen (secondary N) is 2. The minimum atomic E-state index is 0.277. The van der Waals surface area contributed by atoms with Gasteiger partial charge in [-0.05, 0) is 44.2 Å². The van der Waals surface area contributed by atoms with Gasteiger partial charge in [-0.3, -0.25) is 4.79 Å². The van der Waals surface area contributed by atoms with Crippen LogP contribution in [0.15, 0.2) is 0 Å². The van der Waals surface area contributed by atoms with Gasteiger partial charge in [0.1, 0.15) is 0 Å². The Morgan fingerprint density at radius 1 is 1.00 bits per heavy atom. The van der Waals surface area contributed by atoms with E-state index in [1.54, 1.807) is 0 Å². The van der Waals surface area contributed by atoms with Crippen molar-refractivity contribution in [2.75, 3.05) is 13.1 Å². The minimum Gasteiger partial charge on any atom is -0.353 e. The van der Waals surface area contributed by atoms with E-state index in [0.717, 1.165) is 37.8 Å². The second-order valence-electron chi connectivity index (χ2n) is 6.44. The number of rotatable bonds is 3. The molecule has 1 amide bonds. The molecule has 0 spiro atoms. The largest absolute Gasteiger partial charge is 0.353 e. The van der Waals surface area contributed by atoms with Crippen LogP contribution in [0, 0.1) is 17.8 Å². The molecule has 3 aliphatic rings. The number of hydrogen-bond donors (Lipinski definition) is 2. The molecular formula is C15H26N2O. The molecule has 0 radical (unpaired) electrons. The Morgan fingerprint density at radius 2 is 1.72 bits per heavy atom. The monoisotopic (exact) mass is 250 g/mol. The molecule has 3 rings (SSSR count). The maximum atomic E-state index is 12.1. The van der Waals surface area contributed by atoms with Crippen molar-refractivity contribution in [3.05, 3.63) is 0 Å². The van der Waals surface area contributed by atoms with Crippen LogP contribution in [0.4, 0.5) is 0 Å². The fourth-order valence-electron chi connectivity index (χ4n) is 3.85. The topological polar surface area (TPSA) is 41.1 Å². The van der Waals surface area contributed by atoms with Crippen LogP contribution in [-0.2, 0) is 4.79 Å². The van der Waals surface area contributed by atoms with Crippen LogP contribution in [0.25, 0.3) is 0 Å². The molecule has 2 unspecified atom stereocenters. The smallest absolute Gasteiger partial charge is 0.223 e. The molecule has 1 heterocycles. The molecule has 1 aliphatic heterocycles. The first-order valence-corrected chi connectivity index (χ1v) is 7.85. The fourth-order valence-corrected chi connectivity index (χ4v) is 3.85. The van der Waals surface area contributed by atoms with Gasteiger partial charge in [-0.2, -0.15) is 0 Å². The van der Waals surface area contributed by atoms with E-state index in [1.165, 1.54) is 38.5 Å². The molecule has 0 bridgehead atoms. The lowest BCUT2D eigenvalue weighted by molar-refractivity contribution is -0.126. The summed E-state index contributed by atoms with van der Waals surface area (Å²) in [5.74, 6) is 2.34. The molecule has 102 valence electrons. The Bertz CT molecular complexity index is 293. The van der Waals surface area contributed by atoms with Gasteiger partial charge in [0.05, 0.1) is 0 Å². The molecule has 2 saturated carbocycles.